The summed E-state index contributed by atoms with van der Waals surface area (Å²) in [6.45, 7) is 0.599. The van der Waals surface area contributed by atoms with Crippen molar-refractivity contribution < 1.29 is 29.0 Å². The normalized spacial score (nSPS) is 18.0. The van der Waals surface area contributed by atoms with E-state index in [1.165, 1.54) is 4.90 Å². The maximum Gasteiger partial charge on any atom is 0.311 e. The molecule has 1 fully saturated rings. The highest BCUT2D eigenvalue weighted by Gasteiger charge is 2.40. The lowest BCUT2D eigenvalue weighted by molar-refractivity contribution is -0.154. The minimum absolute atomic E-state index is 0.00761. The van der Waals surface area contributed by atoms with E-state index in [-0.39, 0.29) is 37.7 Å². The van der Waals surface area contributed by atoms with E-state index in [9.17, 15) is 24.3 Å². The average molecular weight is 389 g/mol. The van der Waals surface area contributed by atoms with Crippen molar-refractivity contribution in [3.8, 4) is 0 Å². The lowest BCUT2D eigenvalue weighted by Crippen LogP contribution is -2.47. The second-order valence-corrected chi connectivity index (χ2v) is 7.02. The van der Waals surface area contributed by atoms with E-state index >= 15 is 0 Å². The Morgan fingerprint density at radius 1 is 1.18 bits per heavy atom. The molecule has 0 radical (unpaired) electrons. The third-order valence-corrected chi connectivity index (χ3v) is 5.17. The zero-order valence-electron chi connectivity index (χ0n) is 15.4. The molecule has 3 amide bonds. The van der Waals surface area contributed by atoms with Crippen LogP contribution in [0.25, 0.3) is 0 Å². The number of hydrogen-bond acceptors (Lipinski definition) is 5. The van der Waals surface area contributed by atoms with Crippen LogP contribution in [0.2, 0.25) is 0 Å². The first-order chi connectivity index (χ1) is 13.4. The van der Waals surface area contributed by atoms with E-state index in [0.29, 0.717) is 37.4 Å². The Bertz CT molecular complexity index is 788. The largest absolute Gasteiger partial charge is 0.481 e. The van der Waals surface area contributed by atoms with Crippen LogP contribution in [-0.4, -0.2) is 55.1 Å². The zero-order valence-corrected chi connectivity index (χ0v) is 15.4. The summed E-state index contributed by atoms with van der Waals surface area (Å²) >= 11 is 0. The summed E-state index contributed by atoms with van der Waals surface area (Å²) < 4.78 is 5.21. The van der Waals surface area contributed by atoms with Crippen LogP contribution < -0.4 is 15.5 Å². The Labute approximate surface area is 162 Å². The van der Waals surface area contributed by atoms with Gasteiger partial charge in [0, 0.05) is 32.6 Å². The molecule has 2 aliphatic heterocycles. The fourth-order valence-corrected chi connectivity index (χ4v) is 3.40. The first kappa shape index (κ1) is 19.8. The number of nitrogens with one attached hydrogen (secondary N) is 2. The van der Waals surface area contributed by atoms with Crippen molar-refractivity contribution in [3.05, 3.63) is 24.3 Å². The fraction of sp³-hybridized carbons (Fsp3) is 0.474. The van der Waals surface area contributed by atoms with Crippen LogP contribution in [0.15, 0.2) is 24.3 Å². The molecule has 9 nitrogen and oxygen atoms in total. The molecular weight excluding hydrogens is 366 g/mol. The molecular formula is C19H23N3O6. The quantitative estimate of drug-likeness (QED) is 0.659. The summed E-state index contributed by atoms with van der Waals surface area (Å²) in [5.74, 6) is -1.98. The maximum absolute atomic E-state index is 12.5. The third-order valence-electron chi connectivity index (χ3n) is 5.17. The highest BCUT2D eigenvalue weighted by Crippen LogP contribution is 2.31. The molecule has 0 unspecified atom stereocenters. The summed E-state index contributed by atoms with van der Waals surface area (Å²) in [5, 5.41) is 14.8. The molecule has 0 aliphatic carbocycles. The van der Waals surface area contributed by atoms with E-state index in [2.05, 4.69) is 10.6 Å². The highest BCUT2D eigenvalue weighted by atomic mass is 16.5. The van der Waals surface area contributed by atoms with Crippen molar-refractivity contribution in [2.24, 2.45) is 5.41 Å². The molecule has 1 saturated heterocycles. The topological polar surface area (TPSA) is 125 Å². The molecule has 0 atom stereocenters. The number of carbonyl (C=O) groups is 4. The molecule has 0 spiro atoms. The minimum atomic E-state index is -1.03. The van der Waals surface area contributed by atoms with Crippen LogP contribution in [0.1, 0.15) is 25.7 Å². The number of carboxylic acid groups (broad SMARTS) is 1. The molecule has 28 heavy (non-hydrogen) atoms. The molecule has 0 bridgehead atoms. The highest BCUT2D eigenvalue weighted by molar-refractivity contribution is 6.10. The number of rotatable bonds is 6. The number of para-hydroxylation sites is 2. The molecule has 150 valence electrons. The summed E-state index contributed by atoms with van der Waals surface area (Å²) in [4.78, 5) is 49.5. The van der Waals surface area contributed by atoms with Crippen molar-refractivity contribution >= 4 is 35.1 Å². The minimum Gasteiger partial charge on any atom is -0.481 e. The van der Waals surface area contributed by atoms with Gasteiger partial charge in [-0.2, -0.15) is 0 Å². The van der Waals surface area contributed by atoms with Crippen LogP contribution in [0, 0.1) is 5.41 Å². The molecule has 1 aromatic carbocycles. The van der Waals surface area contributed by atoms with Gasteiger partial charge in [-0.25, -0.2) is 0 Å². The monoisotopic (exact) mass is 389 g/mol. The molecule has 0 saturated carbocycles. The number of aliphatic carboxylic acids is 1. The van der Waals surface area contributed by atoms with E-state index in [0.717, 1.165) is 0 Å². The Balaban J connectivity index is 1.54. The van der Waals surface area contributed by atoms with Crippen molar-refractivity contribution in [3.63, 3.8) is 0 Å². The average Bonchev–Trinajstić information content (AvgIpc) is 2.70. The van der Waals surface area contributed by atoms with Gasteiger partial charge in [-0.05, 0) is 25.0 Å². The third kappa shape index (κ3) is 4.30. The molecule has 2 aliphatic rings. The van der Waals surface area contributed by atoms with Crippen LogP contribution in [0.4, 0.5) is 11.4 Å². The Hall–Kier alpha value is -2.94. The van der Waals surface area contributed by atoms with Gasteiger partial charge in [-0.3, -0.25) is 19.2 Å². The van der Waals surface area contributed by atoms with Gasteiger partial charge >= 0.3 is 5.97 Å². The number of hydrogen-bond donors (Lipinski definition) is 3. The van der Waals surface area contributed by atoms with Crippen molar-refractivity contribution in [2.75, 3.05) is 36.5 Å². The van der Waals surface area contributed by atoms with E-state index in [1.807, 2.05) is 0 Å². The van der Waals surface area contributed by atoms with Gasteiger partial charge in [0.05, 0.1) is 16.8 Å². The number of anilines is 2. The second kappa shape index (κ2) is 8.39. The van der Waals surface area contributed by atoms with Gasteiger partial charge in [0.2, 0.25) is 17.7 Å². The van der Waals surface area contributed by atoms with Crippen LogP contribution in [0.3, 0.4) is 0 Å². The number of carboxylic acids is 1. The van der Waals surface area contributed by atoms with Crippen molar-refractivity contribution in [1.82, 2.24) is 5.32 Å². The number of carbonyl (C=O) groups excluding carboxylic acids is 3. The smallest absolute Gasteiger partial charge is 0.311 e. The lowest BCUT2D eigenvalue weighted by atomic mass is 9.80. The summed E-state index contributed by atoms with van der Waals surface area (Å²) in [7, 11) is 0. The van der Waals surface area contributed by atoms with Crippen LogP contribution in [-0.2, 0) is 23.9 Å². The maximum atomic E-state index is 12.5. The van der Waals surface area contributed by atoms with Gasteiger partial charge in [-0.1, -0.05) is 12.1 Å². The van der Waals surface area contributed by atoms with Gasteiger partial charge in [0.1, 0.15) is 6.54 Å². The predicted molar refractivity (Wildman–Crippen MR) is 99.8 cm³/mol. The van der Waals surface area contributed by atoms with Gasteiger partial charge < -0.3 is 25.4 Å². The van der Waals surface area contributed by atoms with Gasteiger partial charge in [0.25, 0.3) is 0 Å². The Morgan fingerprint density at radius 2 is 1.89 bits per heavy atom. The predicted octanol–water partition coefficient (Wildman–Crippen LogP) is 0.749. The number of ether oxygens (including phenoxy) is 1. The standard InChI is InChI=1S/C19H23N3O6/c23-15(20-12-19(18(26)27)7-9-28-10-8-19)5-6-17(25)22-11-16(24)21-13-3-1-2-4-14(13)22/h1-4H,5-12H2,(H,20,23)(H,21,24)(H,26,27). The SMILES string of the molecule is O=C(CCC(=O)N1CC(=O)Nc2ccccc21)NCC1(C(=O)O)CCOCC1. The van der Waals surface area contributed by atoms with Gasteiger partial charge in [0.15, 0.2) is 0 Å². The summed E-state index contributed by atoms with van der Waals surface area (Å²) in [5.41, 5.74) is 0.126. The molecule has 2 heterocycles. The Kier molecular flexibility index (Phi) is 5.93. The molecule has 9 heteroatoms. The van der Waals surface area contributed by atoms with Crippen LogP contribution >= 0.6 is 0 Å². The number of benzene rings is 1. The number of nitrogens with zero attached hydrogens (tertiary/aromatic N) is 1. The van der Waals surface area contributed by atoms with Crippen LogP contribution in [0.5, 0.6) is 0 Å². The van der Waals surface area contributed by atoms with E-state index < -0.39 is 17.3 Å². The molecule has 1 aromatic rings. The molecule has 0 aromatic heterocycles. The van der Waals surface area contributed by atoms with Crippen molar-refractivity contribution in [1.29, 1.82) is 0 Å². The first-order valence-electron chi connectivity index (χ1n) is 9.18. The zero-order chi connectivity index (χ0) is 20.1. The number of amides is 3. The lowest BCUT2D eigenvalue weighted by Gasteiger charge is -2.33. The molecule has 3 rings (SSSR count). The summed E-state index contributed by atoms with van der Waals surface area (Å²) in [6.07, 6.45) is 0.518. The van der Waals surface area contributed by atoms with Crippen molar-refractivity contribution in [2.45, 2.75) is 25.7 Å². The van der Waals surface area contributed by atoms with E-state index in [1.54, 1.807) is 24.3 Å². The number of fused-ring (bicyclic) bond motifs is 1. The fourth-order valence-electron chi connectivity index (χ4n) is 3.40. The Morgan fingerprint density at radius 3 is 2.61 bits per heavy atom. The van der Waals surface area contributed by atoms with E-state index in [4.69, 9.17) is 4.74 Å². The summed E-state index contributed by atoms with van der Waals surface area (Å²) in [6, 6.07) is 6.96. The molecule has 3 N–H and O–H groups in total. The van der Waals surface area contributed by atoms with Gasteiger partial charge in [-0.15, -0.1) is 0 Å². The first-order valence-corrected chi connectivity index (χ1v) is 9.18. The second-order valence-electron chi connectivity index (χ2n) is 7.02.